The number of nitrogens with two attached hydrogens (primary N) is 1. The van der Waals surface area contributed by atoms with E-state index >= 15 is 0 Å². The van der Waals surface area contributed by atoms with Crippen LogP contribution in [0.4, 0.5) is 0 Å². The number of carbonyl (C=O) groups excluding carboxylic acids is 1. The van der Waals surface area contributed by atoms with Crippen LogP contribution in [-0.2, 0) is 9.59 Å². The second-order valence-electron chi connectivity index (χ2n) is 4.97. The van der Waals surface area contributed by atoms with E-state index in [4.69, 9.17) is 10.8 Å². The van der Waals surface area contributed by atoms with Crippen molar-refractivity contribution in [3.05, 3.63) is 0 Å². The van der Waals surface area contributed by atoms with Gasteiger partial charge in [0.1, 0.15) is 6.04 Å². The number of carboxylic acids is 1. The molecule has 0 unspecified atom stereocenters. The summed E-state index contributed by atoms with van der Waals surface area (Å²) < 4.78 is 0. The number of carboxylic acid groups (broad SMARTS) is 1. The minimum atomic E-state index is -0.965. The molecule has 1 fully saturated rings. The maximum absolute atomic E-state index is 11.9. The molecule has 4 N–H and O–H groups in total. The van der Waals surface area contributed by atoms with Crippen LogP contribution >= 0.6 is 11.8 Å². The highest BCUT2D eigenvalue weighted by Crippen LogP contribution is 2.42. The van der Waals surface area contributed by atoms with E-state index in [9.17, 15) is 9.59 Å². The molecule has 0 saturated heterocycles. The number of amides is 1. The van der Waals surface area contributed by atoms with Gasteiger partial charge in [-0.3, -0.25) is 4.79 Å². The normalized spacial score (nSPS) is 18.8. The summed E-state index contributed by atoms with van der Waals surface area (Å²) in [6.07, 6.45) is 5.78. The molecule has 18 heavy (non-hydrogen) atoms. The van der Waals surface area contributed by atoms with Crippen LogP contribution in [0.3, 0.4) is 0 Å². The van der Waals surface area contributed by atoms with Gasteiger partial charge in [0.2, 0.25) is 5.91 Å². The molecular weight excluding hydrogens is 252 g/mol. The Balaban J connectivity index is 2.43. The average molecular weight is 274 g/mol. The van der Waals surface area contributed by atoms with Gasteiger partial charge in [0.05, 0.1) is 0 Å². The molecule has 0 bridgehead atoms. The third-order valence-electron chi connectivity index (χ3n) is 3.63. The van der Waals surface area contributed by atoms with Gasteiger partial charge in [-0.1, -0.05) is 6.42 Å². The van der Waals surface area contributed by atoms with Crippen molar-refractivity contribution in [3.8, 4) is 0 Å². The zero-order chi connectivity index (χ0) is 13.6. The quantitative estimate of drug-likeness (QED) is 0.609. The van der Waals surface area contributed by atoms with Crippen molar-refractivity contribution in [3.63, 3.8) is 0 Å². The number of aliphatic carboxylic acids is 1. The van der Waals surface area contributed by atoms with E-state index in [1.807, 2.05) is 6.26 Å². The fraction of sp³-hybridized carbons (Fsp3) is 0.833. The lowest BCUT2D eigenvalue weighted by atomic mass is 9.66. The largest absolute Gasteiger partial charge is 0.480 e. The van der Waals surface area contributed by atoms with E-state index in [0.717, 1.165) is 25.0 Å². The third kappa shape index (κ3) is 4.17. The van der Waals surface area contributed by atoms with Crippen molar-refractivity contribution in [2.75, 3.05) is 18.6 Å². The summed E-state index contributed by atoms with van der Waals surface area (Å²) in [5.41, 5.74) is 5.61. The topological polar surface area (TPSA) is 92.4 Å². The Morgan fingerprint density at radius 3 is 2.56 bits per heavy atom. The summed E-state index contributed by atoms with van der Waals surface area (Å²) in [6, 6.07) is -0.778. The predicted octanol–water partition coefficient (Wildman–Crippen LogP) is 0.828. The van der Waals surface area contributed by atoms with Crippen molar-refractivity contribution < 1.29 is 14.7 Å². The number of carbonyl (C=O) groups is 2. The van der Waals surface area contributed by atoms with E-state index in [1.165, 1.54) is 0 Å². The van der Waals surface area contributed by atoms with Crippen molar-refractivity contribution in [2.24, 2.45) is 11.1 Å². The summed E-state index contributed by atoms with van der Waals surface area (Å²) in [7, 11) is 0. The monoisotopic (exact) mass is 274 g/mol. The Labute approximate surface area is 112 Å². The number of rotatable bonds is 8. The van der Waals surface area contributed by atoms with Crippen LogP contribution in [-0.4, -0.2) is 41.6 Å². The molecule has 0 heterocycles. The lowest BCUT2D eigenvalue weighted by Crippen LogP contribution is -2.46. The van der Waals surface area contributed by atoms with Gasteiger partial charge >= 0.3 is 5.97 Å². The molecule has 6 heteroatoms. The van der Waals surface area contributed by atoms with Crippen LogP contribution in [0.15, 0.2) is 0 Å². The molecule has 0 aromatic heterocycles. The lowest BCUT2D eigenvalue weighted by molar-refractivity contribution is -0.142. The van der Waals surface area contributed by atoms with E-state index < -0.39 is 12.0 Å². The SMILES string of the molecule is CSCC[C@@H](NC(=O)CC1(CN)CCC1)C(=O)O. The number of hydrogen-bond acceptors (Lipinski definition) is 4. The molecule has 0 radical (unpaired) electrons. The Morgan fingerprint density at radius 1 is 1.50 bits per heavy atom. The van der Waals surface area contributed by atoms with Crippen molar-refractivity contribution in [2.45, 2.75) is 38.1 Å². The van der Waals surface area contributed by atoms with Gasteiger partial charge in [0.15, 0.2) is 0 Å². The fourth-order valence-corrected chi connectivity index (χ4v) is 2.68. The van der Waals surface area contributed by atoms with Crippen LogP contribution in [0.1, 0.15) is 32.1 Å². The van der Waals surface area contributed by atoms with Crippen LogP contribution < -0.4 is 11.1 Å². The zero-order valence-electron chi connectivity index (χ0n) is 10.8. The third-order valence-corrected chi connectivity index (χ3v) is 4.27. The Morgan fingerprint density at radius 2 is 2.17 bits per heavy atom. The minimum Gasteiger partial charge on any atom is -0.480 e. The second-order valence-corrected chi connectivity index (χ2v) is 5.96. The van der Waals surface area contributed by atoms with E-state index in [-0.39, 0.29) is 11.3 Å². The molecule has 0 aromatic carbocycles. The molecule has 5 nitrogen and oxygen atoms in total. The minimum absolute atomic E-state index is 0.0767. The highest BCUT2D eigenvalue weighted by atomic mass is 32.2. The van der Waals surface area contributed by atoms with Gasteiger partial charge in [-0.25, -0.2) is 4.79 Å². The molecule has 1 aliphatic carbocycles. The molecule has 0 aliphatic heterocycles. The van der Waals surface area contributed by atoms with E-state index in [1.54, 1.807) is 11.8 Å². The van der Waals surface area contributed by atoms with Crippen molar-refractivity contribution >= 4 is 23.6 Å². The molecule has 1 saturated carbocycles. The smallest absolute Gasteiger partial charge is 0.326 e. The summed E-state index contributed by atoms with van der Waals surface area (Å²) in [5, 5.41) is 11.6. The Kier molecular flexibility index (Phi) is 5.95. The van der Waals surface area contributed by atoms with Crippen LogP contribution in [0.2, 0.25) is 0 Å². The highest BCUT2D eigenvalue weighted by Gasteiger charge is 2.38. The number of nitrogens with one attached hydrogen (secondary N) is 1. The summed E-state index contributed by atoms with van der Waals surface area (Å²) >= 11 is 1.57. The van der Waals surface area contributed by atoms with Gasteiger partial charge in [-0.15, -0.1) is 0 Å². The molecule has 1 aliphatic rings. The fourth-order valence-electron chi connectivity index (χ4n) is 2.21. The number of thioether (sulfide) groups is 1. The maximum Gasteiger partial charge on any atom is 0.326 e. The molecular formula is C12H22N2O3S. The van der Waals surface area contributed by atoms with E-state index in [2.05, 4.69) is 5.32 Å². The van der Waals surface area contributed by atoms with E-state index in [0.29, 0.717) is 19.4 Å². The molecule has 0 aromatic rings. The molecule has 104 valence electrons. The first-order valence-corrected chi connectivity index (χ1v) is 7.63. The van der Waals surface area contributed by atoms with Crippen molar-refractivity contribution in [1.82, 2.24) is 5.32 Å². The Bertz CT molecular complexity index is 300. The molecule has 0 spiro atoms. The predicted molar refractivity (Wildman–Crippen MR) is 72.5 cm³/mol. The van der Waals surface area contributed by atoms with Gasteiger partial charge in [0.25, 0.3) is 0 Å². The standard InChI is InChI=1S/C12H22N2O3S/c1-18-6-3-9(11(16)17)14-10(15)7-12(8-13)4-2-5-12/h9H,2-8,13H2,1H3,(H,14,15)(H,16,17)/t9-/m1/s1. The van der Waals surface area contributed by atoms with Crippen LogP contribution in [0.5, 0.6) is 0 Å². The summed E-state index contributed by atoms with van der Waals surface area (Å²) in [4.78, 5) is 22.9. The number of hydrogen-bond donors (Lipinski definition) is 3. The molecule has 1 amide bonds. The van der Waals surface area contributed by atoms with Crippen molar-refractivity contribution in [1.29, 1.82) is 0 Å². The van der Waals surface area contributed by atoms with Gasteiger partial charge in [-0.2, -0.15) is 11.8 Å². The zero-order valence-corrected chi connectivity index (χ0v) is 11.6. The first-order valence-electron chi connectivity index (χ1n) is 6.24. The first-order chi connectivity index (χ1) is 8.53. The first kappa shape index (κ1) is 15.3. The summed E-state index contributed by atoms with van der Waals surface area (Å²) in [6.45, 7) is 0.503. The van der Waals surface area contributed by atoms with Crippen LogP contribution in [0.25, 0.3) is 0 Å². The van der Waals surface area contributed by atoms with Crippen LogP contribution in [0, 0.1) is 5.41 Å². The van der Waals surface area contributed by atoms with Gasteiger partial charge < -0.3 is 16.2 Å². The van der Waals surface area contributed by atoms with Gasteiger partial charge in [0, 0.05) is 6.42 Å². The highest BCUT2D eigenvalue weighted by molar-refractivity contribution is 7.98. The Hall–Kier alpha value is -0.750. The maximum atomic E-state index is 11.9. The van der Waals surface area contributed by atoms with Gasteiger partial charge in [-0.05, 0) is 43.2 Å². The summed E-state index contributed by atoms with van der Waals surface area (Å²) in [5.74, 6) is -0.430. The lowest BCUT2D eigenvalue weighted by Gasteiger charge is -2.40. The molecule has 1 rings (SSSR count). The average Bonchev–Trinajstić information content (AvgIpc) is 2.28. The second kappa shape index (κ2) is 6.99. The molecule has 1 atom stereocenters.